The van der Waals surface area contributed by atoms with Crippen LogP contribution in [0.3, 0.4) is 0 Å². The number of nitrogens with zero attached hydrogens (tertiary/aromatic N) is 4. The Kier molecular flexibility index (Phi) is 4.20. The third-order valence-corrected chi connectivity index (χ3v) is 4.35. The van der Waals surface area contributed by atoms with E-state index in [-0.39, 0.29) is 0 Å². The predicted molar refractivity (Wildman–Crippen MR) is 84.7 cm³/mol. The monoisotopic (exact) mass is 285 g/mol. The fourth-order valence-electron chi connectivity index (χ4n) is 2.92. The van der Waals surface area contributed by atoms with Crippen molar-refractivity contribution in [2.24, 2.45) is 5.92 Å². The minimum atomic E-state index is 0.482. The number of piperidine rings is 1. The first kappa shape index (κ1) is 14.1. The summed E-state index contributed by atoms with van der Waals surface area (Å²) in [5.74, 6) is 1.59. The zero-order chi connectivity index (χ0) is 14.7. The summed E-state index contributed by atoms with van der Waals surface area (Å²) in [4.78, 5) is 6.87. The van der Waals surface area contributed by atoms with E-state index in [9.17, 15) is 0 Å². The van der Waals surface area contributed by atoms with Crippen LogP contribution < -0.4 is 5.32 Å². The summed E-state index contributed by atoms with van der Waals surface area (Å²) < 4.78 is 1.77. The summed E-state index contributed by atoms with van der Waals surface area (Å²) in [7, 11) is 2.20. The molecule has 2 aromatic rings. The van der Waals surface area contributed by atoms with E-state index in [1.54, 1.807) is 10.9 Å². The molecular weight excluding hydrogens is 262 g/mol. The third-order valence-electron chi connectivity index (χ3n) is 4.35. The molecule has 0 aliphatic carbocycles. The van der Waals surface area contributed by atoms with Gasteiger partial charge in [0.15, 0.2) is 5.82 Å². The number of likely N-dealkylation sites (tertiary alicyclic amines) is 1. The van der Waals surface area contributed by atoms with Crippen molar-refractivity contribution in [3.8, 4) is 5.82 Å². The van der Waals surface area contributed by atoms with Crippen LogP contribution in [-0.4, -0.2) is 45.8 Å². The summed E-state index contributed by atoms with van der Waals surface area (Å²) >= 11 is 0. The van der Waals surface area contributed by atoms with Gasteiger partial charge in [-0.25, -0.2) is 9.67 Å². The normalized spacial score (nSPS) is 18.6. The van der Waals surface area contributed by atoms with E-state index in [2.05, 4.69) is 40.3 Å². The number of anilines is 1. The Balaban J connectivity index is 1.60. The molecule has 0 saturated carbocycles. The Labute approximate surface area is 126 Å². The number of hydrogen-bond acceptors (Lipinski definition) is 4. The molecule has 1 unspecified atom stereocenters. The highest BCUT2D eigenvalue weighted by atomic mass is 15.3. The molecule has 0 amide bonds. The van der Waals surface area contributed by atoms with E-state index in [1.165, 1.54) is 25.9 Å². The second kappa shape index (κ2) is 6.26. The first-order valence-electron chi connectivity index (χ1n) is 7.63. The smallest absolute Gasteiger partial charge is 0.153 e. The van der Waals surface area contributed by atoms with E-state index in [0.29, 0.717) is 6.04 Å². The Bertz CT molecular complexity index is 541. The molecule has 0 bridgehead atoms. The topological polar surface area (TPSA) is 46.0 Å². The molecule has 3 heterocycles. The molecule has 1 atom stereocenters. The lowest BCUT2D eigenvalue weighted by Gasteiger charge is -2.33. The van der Waals surface area contributed by atoms with Crippen molar-refractivity contribution in [1.82, 2.24) is 19.7 Å². The fourth-order valence-corrected chi connectivity index (χ4v) is 2.92. The number of pyridine rings is 1. The molecule has 0 radical (unpaired) electrons. The van der Waals surface area contributed by atoms with Crippen LogP contribution >= 0.6 is 0 Å². The summed E-state index contributed by atoms with van der Waals surface area (Å²) in [6.07, 6.45) is 8.09. The second-order valence-corrected chi connectivity index (χ2v) is 5.93. The van der Waals surface area contributed by atoms with Crippen molar-refractivity contribution in [2.45, 2.75) is 25.8 Å². The van der Waals surface area contributed by atoms with Crippen molar-refractivity contribution in [2.75, 3.05) is 25.5 Å². The van der Waals surface area contributed by atoms with Gasteiger partial charge in [-0.2, -0.15) is 5.10 Å². The summed E-state index contributed by atoms with van der Waals surface area (Å²) in [6.45, 7) is 4.68. The molecule has 0 spiro atoms. The van der Waals surface area contributed by atoms with Crippen LogP contribution in [0.15, 0.2) is 36.8 Å². The van der Waals surface area contributed by atoms with E-state index in [1.807, 2.05) is 24.5 Å². The van der Waals surface area contributed by atoms with Gasteiger partial charge in [0.2, 0.25) is 0 Å². The Morgan fingerprint density at radius 2 is 2.10 bits per heavy atom. The Hall–Kier alpha value is -1.88. The lowest BCUT2D eigenvalue weighted by molar-refractivity contribution is 0.208. The maximum Gasteiger partial charge on any atom is 0.153 e. The van der Waals surface area contributed by atoms with Gasteiger partial charge < -0.3 is 10.2 Å². The van der Waals surface area contributed by atoms with Crippen LogP contribution in [0.25, 0.3) is 5.82 Å². The van der Waals surface area contributed by atoms with E-state index in [0.717, 1.165) is 17.4 Å². The summed E-state index contributed by atoms with van der Waals surface area (Å²) in [5.41, 5.74) is 1.08. The fraction of sp³-hybridized carbons (Fsp3) is 0.500. The predicted octanol–water partition coefficient (Wildman–Crippen LogP) is 2.41. The van der Waals surface area contributed by atoms with Gasteiger partial charge in [-0.1, -0.05) is 0 Å². The molecule has 5 heteroatoms. The standard InChI is InChI=1S/C16H23N5/c1-13(14-6-10-20(2)11-7-14)19-15-4-5-16(17-12-15)21-9-3-8-18-21/h3-5,8-9,12-14,19H,6-7,10-11H2,1-2H3. The first-order chi connectivity index (χ1) is 10.2. The number of hydrogen-bond donors (Lipinski definition) is 1. The molecule has 5 nitrogen and oxygen atoms in total. The van der Waals surface area contributed by atoms with Gasteiger partial charge in [0, 0.05) is 18.4 Å². The molecule has 112 valence electrons. The highest BCUT2D eigenvalue weighted by molar-refractivity contribution is 5.44. The molecule has 2 aromatic heterocycles. The average molecular weight is 285 g/mol. The molecule has 1 N–H and O–H groups in total. The van der Waals surface area contributed by atoms with Crippen molar-refractivity contribution in [3.05, 3.63) is 36.8 Å². The molecule has 0 aromatic carbocycles. The van der Waals surface area contributed by atoms with E-state index >= 15 is 0 Å². The lowest BCUT2D eigenvalue weighted by atomic mass is 9.90. The molecular formula is C16H23N5. The van der Waals surface area contributed by atoms with Gasteiger partial charge in [0.05, 0.1) is 11.9 Å². The number of aromatic nitrogens is 3. The highest BCUT2D eigenvalue weighted by Gasteiger charge is 2.22. The molecule has 3 rings (SSSR count). The minimum Gasteiger partial charge on any atom is -0.381 e. The van der Waals surface area contributed by atoms with Crippen LogP contribution in [-0.2, 0) is 0 Å². The Morgan fingerprint density at radius 3 is 2.71 bits per heavy atom. The molecule has 1 aliphatic rings. The largest absolute Gasteiger partial charge is 0.381 e. The van der Waals surface area contributed by atoms with Gasteiger partial charge in [0.25, 0.3) is 0 Å². The zero-order valence-electron chi connectivity index (χ0n) is 12.7. The quantitative estimate of drug-likeness (QED) is 0.937. The molecule has 21 heavy (non-hydrogen) atoms. The lowest BCUT2D eigenvalue weighted by Crippen LogP contribution is -2.37. The molecule has 1 fully saturated rings. The second-order valence-electron chi connectivity index (χ2n) is 5.93. The van der Waals surface area contributed by atoms with Crippen molar-refractivity contribution < 1.29 is 0 Å². The SMILES string of the molecule is CC(Nc1ccc(-n2cccn2)nc1)C1CCN(C)CC1. The highest BCUT2D eigenvalue weighted by Crippen LogP contribution is 2.22. The van der Waals surface area contributed by atoms with E-state index in [4.69, 9.17) is 0 Å². The third kappa shape index (κ3) is 3.42. The van der Waals surface area contributed by atoms with Crippen LogP contribution in [0.5, 0.6) is 0 Å². The van der Waals surface area contributed by atoms with E-state index < -0.39 is 0 Å². The number of rotatable bonds is 4. The average Bonchev–Trinajstić information content (AvgIpc) is 3.03. The summed E-state index contributed by atoms with van der Waals surface area (Å²) in [5, 5.41) is 7.77. The number of nitrogens with one attached hydrogen (secondary N) is 1. The van der Waals surface area contributed by atoms with Crippen LogP contribution in [0.2, 0.25) is 0 Å². The Morgan fingerprint density at radius 1 is 1.29 bits per heavy atom. The maximum atomic E-state index is 4.46. The van der Waals surface area contributed by atoms with Crippen molar-refractivity contribution in [1.29, 1.82) is 0 Å². The molecule has 1 aliphatic heterocycles. The van der Waals surface area contributed by atoms with Crippen molar-refractivity contribution in [3.63, 3.8) is 0 Å². The van der Waals surface area contributed by atoms with Crippen LogP contribution in [0.1, 0.15) is 19.8 Å². The first-order valence-corrected chi connectivity index (χ1v) is 7.63. The van der Waals surface area contributed by atoms with Crippen LogP contribution in [0, 0.1) is 5.92 Å². The van der Waals surface area contributed by atoms with Gasteiger partial charge in [-0.3, -0.25) is 0 Å². The minimum absolute atomic E-state index is 0.482. The van der Waals surface area contributed by atoms with Gasteiger partial charge in [0.1, 0.15) is 0 Å². The van der Waals surface area contributed by atoms with Crippen LogP contribution in [0.4, 0.5) is 5.69 Å². The van der Waals surface area contributed by atoms with Gasteiger partial charge >= 0.3 is 0 Å². The maximum absolute atomic E-state index is 4.46. The summed E-state index contributed by atoms with van der Waals surface area (Å²) in [6, 6.07) is 6.46. The van der Waals surface area contributed by atoms with Gasteiger partial charge in [-0.05, 0) is 64.0 Å². The molecule has 1 saturated heterocycles. The van der Waals surface area contributed by atoms with Crippen molar-refractivity contribution >= 4 is 5.69 Å². The van der Waals surface area contributed by atoms with Gasteiger partial charge in [-0.15, -0.1) is 0 Å². The zero-order valence-corrected chi connectivity index (χ0v) is 12.7.